The first-order valence-electron chi connectivity index (χ1n) is 9.12. The molecular weight excluding hydrogens is 399 g/mol. The summed E-state index contributed by atoms with van der Waals surface area (Å²) in [6, 6.07) is 7.36. The Morgan fingerprint density at radius 1 is 1.34 bits per heavy atom. The van der Waals surface area contributed by atoms with Crippen molar-refractivity contribution in [3.8, 4) is 11.5 Å². The highest BCUT2D eigenvalue weighted by atomic mass is 31.2. The molecule has 3 N–H and O–H groups in total. The number of nitrogens with zero attached hydrogens (tertiary/aromatic N) is 2. The summed E-state index contributed by atoms with van der Waals surface area (Å²) in [6.07, 6.45) is 2.28. The molecule has 2 unspecified atom stereocenters. The molecule has 0 aliphatic carbocycles. The predicted molar refractivity (Wildman–Crippen MR) is 103 cm³/mol. The molecule has 1 aliphatic heterocycles. The predicted octanol–water partition coefficient (Wildman–Crippen LogP) is 2.84. The van der Waals surface area contributed by atoms with Crippen molar-refractivity contribution >= 4 is 13.7 Å². The number of pyridine rings is 1. The summed E-state index contributed by atoms with van der Waals surface area (Å²) in [5.41, 5.74) is 0.880. The number of aliphatic carboxylic acids is 1. The van der Waals surface area contributed by atoms with E-state index in [4.69, 9.17) is 9.05 Å². The molecule has 2 heterocycles. The Balaban J connectivity index is 1.91. The van der Waals surface area contributed by atoms with Crippen LogP contribution in [0, 0.1) is 6.92 Å². The van der Waals surface area contributed by atoms with Gasteiger partial charge in [0.05, 0.1) is 18.9 Å². The van der Waals surface area contributed by atoms with Crippen LogP contribution in [0.1, 0.15) is 29.7 Å². The number of para-hydroxylation sites is 1. The van der Waals surface area contributed by atoms with Crippen LogP contribution >= 0.6 is 7.75 Å². The van der Waals surface area contributed by atoms with Gasteiger partial charge in [0.1, 0.15) is 17.5 Å². The van der Waals surface area contributed by atoms with Crippen molar-refractivity contribution in [2.75, 3.05) is 6.54 Å². The van der Waals surface area contributed by atoms with Gasteiger partial charge in [0.25, 0.3) is 0 Å². The maximum Gasteiger partial charge on any atom is 0.462 e. The van der Waals surface area contributed by atoms with E-state index in [9.17, 15) is 24.7 Å². The average molecular weight is 422 g/mol. The van der Waals surface area contributed by atoms with Gasteiger partial charge < -0.3 is 19.8 Å². The summed E-state index contributed by atoms with van der Waals surface area (Å²) in [4.78, 5) is 15.7. The number of rotatable bonds is 8. The second-order valence-corrected chi connectivity index (χ2v) is 8.55. The fourth-order valence-electron chi connectivity index (χ4n) is 3.20. The minimum Gasteiger partial charge on any atom is -0.506 e. The molecule has 1 fully saturated rings. The monoisotopic (exact) mass is 422 g/mol. The van der Waals surface area contributed by atoms with Gasteiger partial charge in [0, 0.05) is 23.9 Å². The van der Waals surface area contributed by atoms with Crippen molar-refractivity contribution in [2.24, 2.45) is 0 Å². The number of hydrogen-bond donors (Lipinski definition) is 3. The summed E-state index contributed by atoms with van der Waals surface area (Å²) < 4.78 is 26.3. The number of carboxylic acid groups (broad SMARTS) is 1. The summed E-state index contributed by atoms with van der Waals surface area (Å²) in [5.74, 6) is -0.996. The number of aliphatic hydroxyl groups is 1. The summed E-state index contributed by atoms with van der Waals surface area (Å²) in [5, 5.41) is 29.2. The Bertz CT molecular complexity index is 922. The molecule has 1 aliphatic rings. The minimum atomic E-state index is -4.06. The lowest BCUT2D eigenvalue weighted by atomic mass is 10.1. The van der Waals surface area contributed by atoms with E-state index in [1.54, 1.807) is 37.3 Å². The molecule has 0 saturated carbocycles. The molecule has 0 radical (unpaired) electrons. The van der Waals surface area contributed by atoms with E-state index in [2.05, 4.69) is 4.98 Å². The third-order valence-corrected chi connectivity index (χ3v) is 6.76. The summed E-state index contributed by atoms with van der Waals surface area (Å²) in [7, 11) is -4.06. The zero-order valence-corrected chi connectivity index (χ0v) is 16.8. The second-order valence-electron chi connectivity index (χ2n) is 6.66. The second kappa shape index (κ2) is 8.92. The molecular formula is C19H23N2O7P. The van der Waals surface area contributed by atoms with Gasteiger partial charge >= 0.3 is 13.7 Å². The van der Waals surface area contributed by atoms with Crippen LogP contribution in [-0.2, 0) is 27.1 Å². The van der Waals surface area contributed by atoms with Crippen LogP contribution in [0.3, 0.4) is 0 Å². The third-order valence-electron chi connectivity index (χ3n) is 4.76. The first-order valence-corrected chi connectivity index (χ1v) is 10.6. The van der Waals surface area contributed by atoms with E-state index >= 15 is 0 Å². The Kier molecular flexibility index (Phi) is 6.54. The van der Waals surface area contributed by atoms with Gasteiger partial charge in [0.15, 0.2) is 0 Å². The molecule has 1 saturated heterocycles. The zero-order valence-electron chi connectivity index (χ0n) is 15.9. The summed E-state index contributed by atoms with van der Waals surface area (Å²) in [6.45, 7) is 1.08. The molecule has 156 valence electrons. The summed E-state index contributed by atoms with van der Waals surface area (Å²) >= 11 is 0. The fraction of sp³-hybridized carbons (Fsp3) is 0.368. The van der Waals surface area contributed by atoms with Crippen LogP contribution in [0.15, 0.2) is 36.5 Å². The highest BCUT2D eigenvalue weighted by molar-refractivity contribution is 7.51. The Morgan fingerprint density at radius 2 is 2.07 bits per heavy atom. The number of aliphatic hydroxyl groups excluding tert-OH is 1. The van der Waals surface area contributed by atoms with Crippen LogP contribution in [0.5, 0.6) is 11.5 Å². The van der Waals surface area contributed by atoms with Crippen molar-refractivity contribution in [3.05, 3.63) is 53.3 Å². The smallest absolute Gasteiger partial charge is 0.462 e. The van der Waals surface area contributed by atoms with Gasteiger partial charge in [-0.05, 0) is 31.9 Å². The number of carboxylic acids is 1. The molecule has 0 bridgehead atoms. The molecule has 0 spiro atoms. The highest BCUT2D eigenvalue weighted by Crippen LogP contribution is 2.56. The van der Waals surface area contributed by atoms with E-state index in [1.165, 1.54) is 10.9 Å². The lowest BCUT2D eigenvalue weighted by Crippen LogP contribution is -2.35. The quantitative estimate of drug-likeness (QED) is 0.550. The van der Waals surface area contributed by atoms with Crippen LogP contribution in [-0.4, -0.2) is 43.5 Å². The molecule has 3 rings (SSSR count). The van der Waals surface area contributed by atoms with E-state index in [-0.39, 0.29) is 30.2 Å². The minimum absolute atomic E-state index is 0.169. The maximum atomic E-state index is 13.7. The number of benzene rings is 1. The van der Waals surface area contributed by atoms with Crippen LogP contribution in [0.2, 0.25) is 0 Å². The van der Waals surface area contributed by atoms with E-state index < -0.39 is 26.4 Å². The normalized spacial score (nSPS) is 19.0. The van der Waals surface area contributed by atoms with Gasteiger partial charge in [-0.3, -0.25) is 14.3 Å². The molecule has 2 atom stereocenters. The molecule has 2 aromatic rings. The van der Waals surface area contributed by atoms with Gasteiger partial charge in [-0.1, -0.05) is 18.2 Å². The number of aromatic hydroxyl groups is 1. The Hall–Kier alpha value is -2.45. The third kappa shape index (κ3) is 4.59. The van der Waals surface area contributed by atoms with E-state index in [0.717, 1.165) is 0 Å². The van der Waals surface area contributed by atoms with Gasteiger partial charge in [-0.25, -0.2) is 4.57 Å². The van der Waals surface area contributed by atoms with Gasteiger partial charge in [-0.15, -0.1) is 0 Å². The van der Waals surface area contributed by atoms with Crippen LogP contribution < -0.4 is 4.52 Å². The van der Waals surface area contributed by atoms with Crippen molar-refractivity contribution in [2.45, 2.75) is 39.0 Å². The average Bonchev–Trinajstić information content (AvgIpc) is 3.21. The molecule has 29 heavy (non-hydrogen) atoms. The molecule has 1 aromatic carbocycles. The lowest BCUT2D eigenvalue weighted by molar-refractivity contribution is -0.141. The Labute approximate surface area is 168 Å². The lowest BCUT2D eigenvalue weighted by Gasteiger charge is -2.29. The zero-order chi connectivity index (χ0) is 21.0. The molecule has 0 amide bonds. The van der Waals surface area contributed by atoms with Crippen LogP contribution in [0.4, 0.5) is 0 Å². The molecule has 1 aromatic heterocycles. The molecule has 9 nitrogen and oxygen atoms in total. The highest BCUT2D eigenvalue weighted by Gasteiger charge is 2.46. The fourth-order valence-corrected chi connectivity index (χ4v) is 5.14. The van der Waals surface area contributed by atoms with Crippen molar-refractivity contribution < 1.29 is 33.7 Å². The largest absolute Gasteiger partial charge is 0.506 e. The van der Waals surface area contributed by atoms with Crippen molar-refractivity contribution in [1.82, 2.24) is 9.65 Å². The van der Waals surface area contributed by atoms with E-state index in [0.29, 0.717) is 24.1 Å². The van der Waals surface area contributed by atoms with Gasteiger partial charge in [0.2, 0.25) is 0 Å². The number of carbonyl (C=O) groups is 1. The maximum absolute atomic E-state index is 13.7. The SMILES string of the molecule is Cc1ncc(COP(=O)(Oc2ccccc2)N2CCCC2C(=O)O)c(CO)c1O. The van der Waals surface area contributed by atoms with Crippen molar-refractivity contribution in [3.63, 3.8) is 0 Å². The number of aryl methyl sites for hydroxylation is 1. The Morgan fingerprint density at radius 3 is 2.72 bits per heavy atom. The first-order chi connectivity index (χ1) is 13.9. The first kappa shape index (κ1) is 21.3. The molecule has 10 heteroatoms. The topological polar surface area (TPSA) is 129 Å². The number of hydrogen-bond acceptors (Lipinski definition) is 7. The van der Waals surface area contributed by atoms with Gasteiger partial charge in [-0.2, -0.15) is 4.67 Å². The van der Waals surface area contributed by atoms with E-state index in [1.807, 2.05) is 0 Å². The number of aromatic nitrogens is 1. The van der Waals surface area contributed by atoms with Crippen molar-refractivity contribution in [1.29, 1.82) is 0 Å². The standard InChI is InChI=1S/C19H23N2O7P/c1-13-18(23)16(11-22)14(10-20-13)12-27-29(26,28-15-6-3-2-4-7-15)21-9-5-8-17(21)19(24)25/h2-4,6-7,10,17,22-23H,5,8-9,11-12H2,1H3,(H,24,25). The van der Waals surface area contributed by atoms with Crippen LogP contribution in [0.25, 0.3) is 0 Å².